The Morgan fingerprint density at radius 2 is 1.78 bits per heavy atom. The standard InChI is InChI=1S/C11H19N3O3S/c1-3-17-11(16)14-6-4-13(5-7-14)10(15)8(2)9(12)18/h8H,3-7H2,1-2H3,(H2,12,18). The van der Waals surface area contributed by atoms with Gasteiger partial charge in [-0.2, -0.15) is 0 Å². The van der Waals surface area contributed by atoms with E-state index in [2.05, 4.69) is 0 Å². The quantitative estimate of drug-likeness (QED) is 0.744. The van der Waals surface area contributed by atoms with Gasteiger partial charge in [0.1, 0.15) is 0 Å². The van der Waals surface area contributed by atoms with Gasteiger partial charge in [-0.1, -0.05) is 12.2 Å². The van der Waals surface area contributed by atoms with E-state index >= 15 is 0 Å². The van der Waals surface area contributed by atoms with Crippen LogP contribution in [0, 0.1) is 5.92 Å². The van der Waals surface area contributed by atoms with Crippen LogP contribution in [-0.2, 0) is 9.53 Å². The van der Waals surface area contributed by atoms with Crippen molar-refractivity contribution in [3.8, 4) is 0 Å². The van der Waals surface area contributed by atoms with E-state index < -0.39 is 5.92 Å². The molecule has 1 unspecified atom stereocenters. The Hall–Kier alpha value is -1.37. The first-order chi connectivity index (χ1) is 8.47. The largest absolute Gasteiger partial charge is 0.450 e. The monoisotopic (exact) mass is 273 g/mol. The van der Waals surface area contributed by atoms with Gasteiger partial charge in [0, 0.05) is 26.2 Å². The maximum Gasteiger partial charge on any atom is 0.409 e. The van der Waals surface area contributed by atoms with E-state index in [-0.39, 0.29) is 17.0 Å². The van der Waals surface area contributed by atoms with Gasteiger partial charge in [-0.25, -0.2) is 4.79 Å². The molecule has 0 saturated carbocycles. The molecule has 102 valence electrons. The number of ether oxygens (including phenoxy) is 1. The normalized spacial score (nSPS) is 17.2. The van der Waals surface area contributed by atoms with Crippen LogP contribution in [0.15, 0.2) is 0 Å². The Balaban J connectivity index is 2.46. The summed E-state index contributed by atoms with van der Waals surface area (Å²) in [5.74, 6) is -0.528. The minimum atomic E-state index is -0.450. The molecule has 2 amide bonds. The Bertz CT molecular complexity index is 340. The van der Waals surface area contributed by atoms with Crippen molar-refractivity contribution in [2.24, 2.45) is 11.7 Å². The van der Waals surface area contributed by atoms with Crippen LogP contribution >= 0.6 is 12.2 Å². The molecule has 18 heavy (non-hydrogen) atoms. The van der Waals surface area contributed by atoms with Gasteiger partial charge in [0.2, 0.25) is 5.91 Å². The molecule has 0 aromatic heterocycles. The predicted molar refractivity (Wildman–Crippen MR) is 71.1 cm³/mol. The van der Waals surface area contributed by atoms with Crippen molar-refractivity contribution < 1.29 is 14.3 Å². The van der Waals surface area contributed by atoms with Crippen LogP contribution in [0.3, 0.4) is 0 Å². The summed E-state index contributed by atoms with van der Waals surface area (Å²) in [4.78, 5) is 26.9. The van der Waals surface area contributed by atoms with E-state index in [1.807, 2.05) is 0 Å². The summed E-state index contributed by atoms with van der Waals surface area (Å²) >= 11 is 4.81. The van der Waals surface area contributed by atoms with E-state index in [1.165, 1.54) is 0 Å². The lowest BCUT2D eigenvalue weighted by Crippen LogP contribution is -2.52. The third-order valence-electron chi connectivity index (χ3n) is 2.91. The lowest BCUT2D eigenvalue weighted by molar-refractivity contribution is -0.134. The highest BCUT2D eigenvalue weighted by atomic mass is 32.1. The molecule has 0 bridgehead atoms. The second kappa shape index (κ2) is 6.53. The molecule has 0 aromatic carbocycles. The van der Waals surface area contributed by atoms with Gasteiger partial charge in [0.15, 0.2) is 0 Å². The minimum Gasteiger partial charge on any atom is -0.450 e. The molecule has 0 aromatic rings. The average molecular weight is 273 g/mol. The molecule has 1 aliphatic heterocycles. The number of rotatable bonds is 3. The van der Waals surface area contributed by atoms with Gasteiger partial charge in [0.25, 0.3) is 0 Å². The number of piperazine rings is 1. The first kappa shape index (κ1) is 14.7. The van der Waals surface area contributed by atoms with Gasteiger partial charge in [-0.15, -0.1) is 0 Å². The third kappa shape index (κ3) is 3.56. The maximum atomic E-state index is 12.0. The molecule has 0 radical (unpaired) electrons. The Labute approximate surface area is 112 Å². The summed E-state index contributed by atoms with van der Waals surface area (Å²) in [7, 11) is 0. The SMILES string of the molecule is CCOC(=O)N1CCN(C(=O)C(C)C(N)=S)CC1. The van der Waals surface area contributed by atoms with Gasteiger partial charge < -0.3 is 20.3 Å². The summed E-state index contributed by atoms with van der Waals surface area (Å²) in [5.41, 5.74) is 5.46. The molecule has 1 rings (SSSR count). The number of amides is 2. The lowest BCUT2D eigenvalue weighted by Gasteiger charge is -2.35. The van der Waals surface area contributed by atoms with Crippen molar-refractivity contribution in [3.63, 3.8) is 0 Å². The van der Waals surface area contributed by atoms with E-state index in [4.69, 9.17) is 22.7 Å². The summed E-state index contributed by atoms with van der Waals surface area (Å²) in [5, 5.41) is 0. The topological polar surface area (TPSA) is 75.9 Å². The van der Waals surface area contributed by atoms with Crippen LogP contribution in [0.4, 0.5) is 4.79 Å². The number of carbonyl (C=O) groups excluding carboxylic acids is 2. The summed E-state index contributed by atoms with van der Waals surface area (Å²) in [6.07, 6.45) is -0.327. The molecular weight excluding hydrogens is 254 g/mol. The van der Waals surface area contributed by atoms with Crippen molar-refractivity contribution >= 4 is 29.2 Å². The van der Waals surface area contributed by atoms with Crippen LogP contribution in [0.1, 0.15) is 13.8 Å². The van der Waals surface area contributed by atoms with Crippen molar-refractivity contribution in [2.45, 2.75) is 13.8 Å². The molecule has 1 fully saturated rings. The fourth-order valence-electron chi connectivity index (χ4n) is 1.72. The molecular formula is C11H19N3O3S. The molecule has 1 atom stereocenters. The van der Waals surface area contributed by atoms with Crippen molar-refractivity contribution in [1.82, 2.24) is 9.80 Å². The summed E-state index contributed by atoms with van der Waals surface area (Å²) in [6.45, 7) is 5.76. The first-order valence-electron chi connectivity index (χ1n) is 5.97. The number of hydrogen-bond donors (Lipinski definition) is 1. The lowest BCUT2D eigenvalue weighted by atomic mass is 10.1. The van der Waals surface area contributed by atoms with Crippen LogP contribution in [0.25, 0.3) is 0 Å². The molecule has 1 aliphatic rings. The van der Waals surface area contributed by atoms with E-state index in [1.54, 1.807) is 23.6 Å². The third-order valence-corrected chi connectivity index (χ3v) is 3.27. The van der Waals surface area contributed by atoms with Gasteiger partial charge in [-0.3, -0.25) is 4.79 Å². The zero-order valence-corrected chi connectivity index (χ0v) is 11.5. The van der Waals surface area contributed by atoms with E-state index in [0.717, 1.165) is 0 Å². The Kier molecular flexibility index (Phi) is 5.33. The number of carbonyl (C=O) groups is 2. The Morgan fingerprint density at radius 3 is 2.22 bits per heavy atom. The highest BCUT2D eigenvalue weighted by Crippen LogP contribution is 2.09. The summed E-state index contributed by atoms with van der Waals surface area (Å²) < 4.78 is 4.91. The van der Waals surface area contributed by atoms with E-state index in [9.17, 15) is 9.59 Å². The number of hydrogen-bond acceptors (Lipinski definition) is 4. The molecule has 2 N–H and O–H groups in total. The minimum absolute atomic E-state index is 0.0778. The molecule has 1 heterocycles. The van der Waals surface area contributed by atoms with Gasteiger partial charge >= 0.3 is 6.09 Å². The fourth-order valence-corrected chi connectivity index (χ4v) is 1.82. The molecule has 0 spiro atoms. The average Bonchev–Trinajstić information content (AvgIpc) is 2.37. The zero-order valence-electron chi connectivity index (χ0n) is 10.7. The molecule has 1 saturated heterocycles. The van der Waals surface area contributed by atoms with Crippen LogP contribution in [-0.4, -0.2) is 59.6 Å². The second-order valence-electron chi connectivity index (χ2n) is 4.14. The van der Waals surface area contributed by atoms with Crippen LogP contribution < -0.4 is 5.73 Å². The van der Waals surface area contributed by atoms with Crippen molar-refractivity contribution in [1.29, 1.82) is 0 Å². The van der Waals surface area contributed by atoms with Crippen molar-refractivity contribution in [3.05, 3.63) is 0 Å². The van der Waals surface area contributed by atoms with Crippen LogP contribution in [0.2, 0.25) is 0 Å². The highest BCUT2D eigenvalue weighted by Gasteiger charge is 2.28. The number of thiocarbonyl (C=S) groups is 1. The van der Waals surface area contributed by atoms with Gasteiger partial charge in [0.05, 0.1) is 17.5 Å². The maximum absolute atomic E-state index is 12.0. The highest BCUT2D eigenvalue weighted by molar-refractivity contribution is 7.80. The molecule has 6 nitrogen and oxygen atoms in total. The second-order valence-corrected chi connectivity index (χ2v) is 4.61. The number of nitrogens with zero attached hydrogens (tertiary/aromatic N) is 2. The summed E-state index contributed by atoms with van der Waals surface area (Å²) in [6, 6.07) is 0. The van der Waals surface area contributed by atoms with Crippen molar-refractivity contribution in [2.75, 3.05) is 32.8 Å². The first-order valence-corrected chi connectivity index (χ1v) is 6.38. The fraction of sp³-hybridized carbons (Fsp3) is 0.727. The van der Waals surface area contributed by atoms with Gasteiger partial charge in [-0.05, 0) is 13.8 Å². The zero-order chi connectivity index (χ0) is 13.7. The molecule has 7 heteroatoms. The number of nitrogens with two attached hydrogens (primary N) is 1. The van der Waals surface area contributed by atoms with E-state index in [0.29, 0.717) is 32.8 Å². The Morgan fingerprint density at radius 1 is 1.28 bits per heavy atom. The predicted octanol–water partition coefficient (Wildman–Crippen LogP) is 0.209. The smallest absolute Gasteiger partial charge is 0.409 e. The molecule has 0 aliphatic carbocycles. The van der Waals surface area contributed by atoms with Crippen LogP contribution in [0.5, 0.6) is 0 Å².